The third-order valence-corrected chi connectivity index (χ3v) is 6.01. The first-order valence-electron chi connectivity index (χ1n) is 9.29. The van der Waals surface area contributed by atoms with Crippen LogP contribution in [0.2, 0.25) is 0 Å². The Balaban J connectivity index is 1.51. The number of esters is 1. The first-order chi connectivity index (χ1) is 10.7. The van der Waals surface area contributed by atoms with E-state index in [1.54, 1.807) is 0 Å². The van der Waals surface area contributed by atoms with Crippen LogP contribution < -0.4 is 5.32 Å². The van der Waals surface area contributed by atoms with Crippen LogP contribution in [-0.4, -0.2) is 49.7 Å². The van der Waals surface area contributed by atoms with Crippen LogP contribution in [0, 0.1) is 11.8 Å². The van der Waals surface area contributed by atoms with Crippen molar-refractivity contribution in [2.24, 2.45) is 11.8 Å². The smallest absolute Gasteiger partial charge is 0.305 e. The summed E-state index contributed by atoms with van der Waals surface area (Å²) in [5.41, 5.74) is 0. The highest BCUT2D eigenvalue weighted by Crippen LogP contribution is 2.31. The van der Waals surface area contributed by atoms with Crippen LogP contribution in [-0.2, 0) is 9.53 Å². The molecular weight excluding hydrogens is 276 g/mol. The highest BCUT2D eigenvalue weighted by molar-refractivity contribution is 5.69. The van der Waals surface area contributed by atoms with Gasteiger partial charge in [-0.05, 0) is 50.5 Å². The quantitative estimate of drug-likeness (QED) is 0.766. The number of carbonyl (C=O) groups is 1. The summed E-state index contributed by atoms with van der Waals surface area (Å²) in [7, 11) is 1.50. The van der Waals surface area contributed by atoms with Gasteiger partial charge in [-0.15, -0.1) is 0 Å². The second-order valence-corrected chi connectivity index (χ2v) is 7.68. The van der Waals surface area contributed by atoms with Crippen molar-refractivity contribution >= 4 is 5.97 Å². The van der Waals surface area contributed by atoms with Gasteiger partial charge in [0.1, 0.15) is 0 Å². The Hall–Kier alpha value is -0.610. The van der Waals surface area contributed by atoms with Gasteiger partial charge in [0.05, 0.1) is 7.11 Å². The predicted octanol–water partition coefficient (Wildman–Crippen LogP) is 2.57. The van der Waals surface area contributed by atoms with Crippen LogP contribution in [0.5, 0.6) is 0 Å². The van der Waals surface area contributed by atoms with Gasteiger partial charge in [-0.1, -0.05) is 19.3 Å². The minimum absolute atomic E-state index is 0.0463. The average Bonchev–Trinajstić information content (AvgIpc) is 2.96. The number of likely N-dealkylation sites (tertiary alicyclic amines) is 1. The van der Waals surface area contributed by atoms with Gasteiger partial charge < -0.3 is 10.1 Å². The number of rotatable bonds is 6. The lowest BCUT2D eigenvalue weighted by Crippen LogP contribution is -2.55. The van der Waals surface area contributed by atoms with E-state index in [1.807, 2.05) is 0 Å². The molecule has 22 heavy (non-hydrogen) atoms. The number of hydrogen-bond acceptors (Lipinski definition) is 4. The maximum Gasteiger partial charge on any atom is 0.305 e. The van der Waals surface area contributed by atoms with Gasteiger partial charge in [-0.25, -0.2) is 0 Å². The Morgan fingerprint density at radius 3 is 2.50 bits per heavy atom. The number of nitrogens with one attached hydrogen (secondary N) is 1. The van der Waals surface area contributed by atoms with E-state index in [2.05, 4.69) is 10.2 Å². The Morgan fingerprint density at radius 2 is 1.86 bits per heavy atom. The lowest BCUT2D eigenvalue weighted by Gasteiger charge is -2.45. The van der Waals surface area contributed by atoms with Gasteiger partial charge in [0.15, 0.2) is 0 Å². The molecule has 1 aliphatic heterocycles. The molecule has 126 valence electrons. The number of nitrogens with zero attached hydrogens (tertiary/aromatic N) is 1. The van der Waals surface area contributed by atoms with E-state index in [4.69, 9.17) is 4.74 Å². The van der Waals surface area contributed by atoms with Crippen molar-refractivity contribution < 1.29 is 9.53 Å². The molecule has 4 heteroatoms. The molecule has 0 bridgehead atoms. The molecule has 1 saturated heterocycles. The zero-order valence-electron chi connectivity index (χ0n) is 14.1. The van der Waals surface area contributed by atoms with E-state index in [0.717, 1.165) is 24.9 Å². The van der Waals surface area contributed by atoms with E-state index in [0.29, 0.717) is 18.4 Å². The summed E-state index contributed by atoms with van der Waals surface area (Å²) < 4.78 is 4.89. The third kappa shape index (κ3) is 4.23. The van der Waals surface area contributed by atoms with Crippen LogP contribution >= 0.6 is 0 Å². The van der Waals surface area contributed by atoms with Gasteiger partial charge in [0, 0.05) is 31.6 Å². The molecule has 3 fully saturated rings. The zero-order chi connectivity index (χ0) is 15.4. The fourth-order valence-corrected chi connectivity index (χ4v) is 4.45. The highest BCUT2D eigenvalue weighted by atomic mass is 16.5. The van der Waals surface area contributed by atoms with Crippen LogP contribution in [0.1, 0.15) is 57.8 Å². The SMILES string of the molecule is COC(=O)CC1CC(NCC2CCCC2)CN(C2CCC2)C1. The maximum atomic E-state index is 11.7. The number of ether oxygens (including phenoxy) is 1. The standard InChI is InChI=1S/C18H32N2O2/c1-22-18(21)10-15-9-16(19-11-14-5-2-3-6-14)13-20(12-15)17-7-4-8-17/h14-17,19H,2-13H2,1H3. The maximum absolute atomic E-state index is 11.7. The van der Waals surface area contributed by atoms with Crippen LogP contribution in [0.15, 0.2) is 0 Å². The minimum Gasteiger partial charge on any atom is -0.469 e. The normalized spacial score (nSPS) is 31.1. The summed E-state index contributed by atoms with van der Waals surface area (Å²) >= 11 is 0. The summed E-state index contributed by atoms with van der Waals surface area (Å²) in [5.74, 6) is 1.30. The van der Waals surface area contributed by atoms with Gasteiger partial charge in [-0.3, -0.25) is 9.69 Å². The van der Waals surface area contributed by atoms with Crippen molar-refractivity contribution in [2.45, 2.75) is 69.9 Å². The molecular formula is C18H32N2O2. The van der Waals surface area contributed by atoms with Gasteiger partial charge in [0.25, 0.3) is 0 Å². The molecule has 0 aromatic carbocycles. The van der Waals surface area contributed by atoms with Crippen molar-refractivity contribution in [2.75, 3.05) is 26.7 Å². The number of carbonyl (C=O) groups excluding carboxylic acids is 1. The number of hydrogen-bond donors (Lipinski definition) is 1. The van der Waals surface area contributed by atoms with Crippen molar-refractivity contribution in [1.82, 2.24) is 10.2 Å². The molecule has 2 unspecified atom stereocenters. The topological polar surface area (TPSA) is 41.6 Å². The van der Waals surface area contributed by atoms with E-state index in [1.165, 1.54) is 65.1 Å². The van der Waals surface area contributed by atoms with E-state index in [-0.39, 0.29) is 5.97 Å². The fourth-order valence-electron chi connectivity index (χ4n) is 4.45. The largest absolute Gasteiger partial charge is 0.469 e. The van der Waals surface area contributed by atoms with Crippen molar-refractivity contribution in [3.63, 3.8) is 0 Å². The molecule has 0 aromatic heterocycles. The van der Waals surface area contributed by atoms with Crippen LogP contribution in [0.25, 0.3) is 0 Å². The Morgan fingerprint density at radius 1 is 1.09 bits per heavy atom. The fraction of sp³-hybridized carbons (Fsp3) is 0.944. The summed E-state index contributed by atoms with van der Waals surface area (Å²) in [4.78, 5) is 14.3. The molecule has 0 spiro atoms. The molecule has 2 saturated carbocycles. The molecule has 0 radical (unpaired) electrons. The van der Waals surface area contributed by atoms with E-state index >= 15 is 0 Å². The Labute approximate surface area is 135 Å². The second-order valence-electron chi connectivity index (χ2n) is 7.68. The van der Waals surface area contributed by atoms with E-state index in [9.17, 15) is 4.79 Å². The molecule has 0 amide bonds. The predicted molar refractivity (Wildman–Crippen MR) is 87.7 cm³/mol. The lowest BCUT2D eigenvalue weighted by atomic mass is 9.85. The molecule has 4 nitrogen and oxygen atoms in total. The van der Waals surface area contributed by atoms with Crippen molar-refractivity contribution in [3.8, 4) is 0 Å². The van der Waals surface area contributed by atoms with Crippen LogP contribution in [0.3, 0.4) is 0 Å². The van der Waals surface area contributed by atoms with Crippen molar-refractivity contribution in [3.05, 3.63) is 0 Å². The third-order valence-electron chi connectivity index (χ3n) is 6.01. The summed E-state index contributed by atoms with van der Waals surface area (Å²) in [6.07, 6.45) is 11.4. The highest BCUT2D eigenvalue weighted by Gasteiger charge is 2.34. The monoisotopic (exact) mass is 308 g/mol. The van der Waals surface area contributed by atoms with Gasteiger partial charge in [0.2, 0.25) is 0 Å². The number of piperidine rings is 1. The summed E-state index contributed by atoms with van der Waals surface area (Å²) in [5, 5.41) is 3.82. The molecule has 1 N–H and O–H groups in total. The van der Waals surface area contributed by atoms with Crippen molar-refractivity contribution in [1.29, 1.82) is 0 Å². The minimum atomic E-state index is -0.0463. The summed E-state index contributed by atoms with van der Waals surface area (Å²) in [6.45, 7) is 3.44. The first-order valence-corrected chi connectivity index (χ1v) is 9.29. The molecule has 3 aliphatic rings. The molecule has 2 aliphatic carbocycles. The second kappa shape index (κ2) is 7.78. The summed E-state index contributed by atoms with van der Waals surface area (Å²) in [6, 6.07) is 1.33. The molecule has 2 atom stereocenters. The lowest BCUT2D eigenvalue weighted by molar-refractivity contribution is -0.142. The molecule has 0 aromatic rings. The Bertz CT molecular complexity index is 364. The number of methoxy groups -OCH3 is 1. The Kier molecular flexibility index (Phi) is 5.75. The van der Waals surface area contributed by atoms with Crippen LogP contribution in [0.4, 0.5) is 0 Å². The molecule has 1 heterocycles. The molecule has 3 rings (SSSR count). The zero-order valence-corrected chi connectivity index (χ0v) is 14.1. The van der Waals surface area contributed by atoms with Gasteiger partial charge in [-0.2, -0.15) is 0 Å². The van der Waals surface area contributed by atoms with E-state index < -0.39 is 0 Å². The first kappa shape index (κ1) is 16.3. The average molecular weight is 308 g/mol. The van der Waals surface area contributed by atoms with Gasteiger partial charge >= 0.3 is 5.97 Å².